The molecule has 0 saturated carbocycles. The molecule has 0 aromatic carbocycles. The minimum atomic E-state index is 0.516. The SMILES string of the molecule is CC1=C(Cc2nc3c(s2)c(C=N)c(C=O)n3C)C=CNC1. The maximum Gasteiger partial charge on any atom is 0.167 e. The van der Waals surface area contributed by atoms with E-state index in [1.807, 2.05) is 13.2 Å². The topological polar surface area (TPSA) is 70.8 Å². The third kappa shape index (κ3) is 2.21. The minimum absolute atomic E-state index is 0.516. The molecule has 0 fully saturated rings. The molecular weight excluding hydrogens is 284 g/mol. The Morgan fingerprint density at radius 2 is 2.38 bits per heavy atom. The van der Waals surface area contributed by atoms with E-state index in [1.165, 1.54) is 17.4 Å². The van der Waals surface area contributed by atoms with Crippen LogP contribution in [0.5, 0.6) is 0 Å². The van der Waals surface area contributed by atoms with Gasteiger partial charge in [0, 0.05) is 31.8 Å². The van der Waals surface area contributed by atoms with E-state index in [1.54, 1.807) is 15.9 Å². The highest BCUT2D eigenvalue weighted by atomic mass is 32.1. The molecule has 0 atom stereocenters. The summed E-state index contributed by atoms with van der Waals surface area (Å²) in [5.74, 6) is 0. The molecule has 0 radical (unpaired) electrons. The summed E-state index contributed by atoms with van der Waals surface area (Å²) in [7, 11) is 1.82. The summed E-state index contributed by atoms with van der Waals surface area (Å²) in [6.45, 7) is 2.99. The summed E-state index contributed by atoms with van der Waals surface area (Å²) < 4.78 is 2.68. The molecule has 5 nitrogen and oxygen atoms in total. The van der Waals surface area contributed by atoms with Crippen LogP contribution in [0.3, 0.4) is 0 Å². The van der Waals surface area contributed by atoms with E-state index in [2.05, 4.69) is 23.3 Å². The van der Waals surface area contributed by atoms with Gasteiger partial charge < -0.3 is 15.3 Å². The lowest BCUT2D eigenvalue weighted by Gasteiger charge is -2.12. The first-order valence-electron chi connectivity index (χ1n) is 6.68. The van der Waals surface area contributed by atoms with Crippen LogP contribution in [0.2, 0.25) is 0 Å². The second-order valence-electron chi connectivity index (χ2n) is 5.08. The van der Waals surface area contributed by atoms with Crippen molar-refractivity contribution in [3.05, 3.63) is 39.7 Å². The van der Waals surface area contributed by atoms with Crippen LogP contribution in [0.4, 0.5) is 0 Å². The summed E-state index contributed by atoms with van der Waals surface area (Å²) >= 11 is 1.56. The van der Waals surface area contributed by atoms with Crippen molar-refractivity contribution in [2.45, 2.75) is 13.3 Å². The van der Waals surface area contributed by atoms with Crippen LogP contribution in [0.15, 0.2) is 23.4 Å². The molecule has 0 spiro atoms. The predicted octanol–water partition coefficient (Wildman–Crippen LogP) is 2.42. The summed E-state index contributed by atoms with van der Waals surface area (Å²) in [5.41, 5.74) is 4.56. The Hall–Kier alpha value is -2.21. The number of aromatic nitrogens is 2. The summed E-state index contributed by atoms with van der Waals surface area (Å²) in [5, 5.41) is 11.7. The number of thiazole rings is 1. The van der Waals surface area contributed by atoms with Gasteiger partial charge in [0.05, 0.1) is 10.4 Å². The van der Waals surface area contributed by atoms with Gasteiger partial charge in [-0.05, 0) is 24.8 Å². The van der Waals surface area contributed by atoms with E-state index >= 15 is 0 Å². The van der Waals surface area contributed by atoms with Gasteiger partial charge in [-0.2, -0.15) is 0 Å². The van der Waals surface area contributed by atoms with Gasteiger partial charge in [0.2, 0.25) is 0 Å². The van der Waals surface area contributed by atoms with Crippen molar-refractivity contribution in [1.82, 2.24) is 14.9 Å². The zero-order chi connectivity index (χ0) is 15.0. The van der Waals surface area contributed by atoms with Gasteiger partial charge in [-0.3, -0.25) is 4.79 Å². The third-order valence-electron chi connectivity index (χ3n) is 3.77. The van der Waals surface area contributed by atoms with E-state index in [9.17, 15) is 4.79 Å². The van der Waals surface area contributed by atoms with Crippen LogP contribution in [0.1, 0.15) is 28.0 Å². The highest BCUT2D eigenvalue weighted by Crippen LogP contribution is 2.30. The molecule has 0 amide bonds. The smallest absolute Gasteiger partial charge is 0.167 e. The fourth-order valence-corrected chi connectivity index (χ4v) is 3.67. The number of nitrogens with one attached hydrogen (secondary N) is 2. The quantitative estimate of drug-likeness (QED) is 0.673. The standard InChI is InChI=1S/C15H16N4OS/c1-9-7-17-4-3-10(9)5-13-18-15-14(21-13)11(6-16)12(8-20)19(15)2/h3-4,6,8,16-17H,5,7H2,1-2H3. The molecule has 2 N–H and O–H groups in total. The number of hydrogen-bond acceptors (Lipinski definition) is 5. The fraction of sp³-hybridized carbons (Fsp3) is 0.267. The van der Waals surface area contributed by atoms with Crippen molar-refractivity contribution in [1.29, 1.82) is 5.41 Å². The number of fused-ring (bicyclic) bond motifs is 1. The molecule has 3 heterocycles. The Balaban J connectivity index is 2.04. The second kappa shape index (κ2) is 5.29. The molecule has 0 bridgehead atoms. The third-order valence-corrected chi connectivity index (χ3v) is 4.85. The number of aldehydes is 1. The van der Waals surface area contributed by atoms with Crippen LogP contribution >= 0.6 is 11.3 Å². The molecule has 2 aromatic rings. The molecule has 1 aliphatic rings. The van der Waals surface area contributed by atoms with Crippen molar-refractivity contribution < 1.29 is 4.79 Å². The molecule has 3 rings (SSSR count). The lowest BCUT2D eigenvalue weighted by Crippen LogP contribution is -2.14. The van der Waals surface area contributed by atoms with Gasteiger partial charge >= 0.3 is 0 Å². The first kappa shape index (κ1) is 13.8. The molecule has 108 valence electrons. The van der Waals surface area contributed by atoms with E-state index in [0.29, 0.717) is 11.3 Å². The minimum Gasteiger partial charge on any atom is -0.387 e. The summed E-state index contributed by atoms with van der Waals surface area (Å²) in [6, 6.07) is 0. The van der Waals surface area contributed by atoms with E-state index in [4.69, 9.17) is 5.41 Å². The van der Waals surface area contributed by atoms with Crippen LogP contribution in [0, 0.1) is 5.41 Å². The number of allylic oxidation sites excluding steroid dienone is 2. The first-order valence-corrected chi connectivity index (χ1v) is 7.49. The maximum absolute atomic E-state index is 11.1. The molecular formula is C15H16N4OS. The van der Waals surface area contributed by atoms with Gasteiger partial charge in [0.1, 0.15) is 5.01 Å². The molecule has 0 saturated heterocycles. The van der Waals surface area contributed by atoms with E-state index in [-0.39, 0.29) is 0 Å². The van der Waals surface area contributed by atoms with E-state index < -0.39 is 0 Å². The lowest BCUT2D eigenvalue weighted by atomic mass is 10.0. The van der Waals surface area contributed by atoms with Crippen molar-refractivity contribution in [3.8, 4) is 0 Å². The maximum atomic E-state index is 11.1. The number of aryl methyl sites for hydroxylation is 1. The Morgan fingerprint density at radius 1 is 1.57 bits per heavy atom. The number of carbonyl (C=O) groups excluding carboxylic acids is 1. The molecule has 21 heavy (non-hydrogen) atoms. The highest BCUT2D eigenvalue weighted by molar-refractivity contribution is 7.19. The molecule has 2 aromatic heterocycles. The monoisotopic (exact) mass is 300 g/mol. The van der Waals surface area contributed by atoms with Crippen molar-refractivity contribution >= 4 is 34.2 Å². The van der Waals surface area contributed by atoms with Gasteiger partial charge in [0.25, 0.3) is 0 Å². The Morgan fingerprint density at radius 3 is 3.05 bits per heavy atom. The number of nitrogens with zero attached hydrogens (tertiary/aromatic N) is 2. The summed E-state index contributed by atoms with van der Waals surface area (Å²) in [6.07, 6.45) is 6.86. The predicted molar refractivity (Wildman–Crippen MR) is 85.4 cm³/mol. The fourth-order valence-electron chi connectivity index (χ4n) is 2.53. The van der Waals surface area contributed by atoms with Crippen molar-refractivity contribution in [3.63, 3.8) is 0 Å². The zero-order valence-corrected chi connectivity index (χ0v) is 12.8. The van der Waals surface area contributed by atoms with Crippen LogP contribution in [-0.4, -0.2) is 28.6 Å². The Labute approximate surface area is 126 Å². The average Bonchev–Trinajstić information content (AvgIpc) is 2.99. The second-order valence-corrected chi connectivity index (χ2v) is 6.16. The number of carbonyl (C=O) groups is 1. The summed E-state index contributed by atoms with van der Waals surface area (Å²) in [4.78, 5) is 15.8. The van der Waals surface area contributed by atoms with Gasteiger partial charge in [-0.25, -0.2) is 4.98 Å². The van der Waals surface area contributed by atoms with Crippen LogP contribution in [0.25, 0.3) is 10.3 Å². The molecule has 6 heteroatoms. The number of rotatable bonds is 4. The largest absolute Gasteiger partial charge is 0.387 e. The molecule has 0 unspecified atom stereocenters. The van der Waals surface area contributed by atoms with Gasteiger partial charge in [-0.15, -0.1) is 11.3 Å². The van der Waals surface area contributed by atoms with Crippen LogP contribution < -0.4 is 5.32 Å². The number of dihydropyridines is 1. The highest BCUT2D eigenvalue weighted by Gasteiger charge is 2.18. The molecule has 0 aliphatic carbocycles. The first-order chi connectivity index (χ1) is 10.2. The Bertz CT molecular complexity index is 794. The van der Waals surface area contributed by atoms with E-state index in [0.717, 1.165) is 34.6 Å². The lowest BCUT2D eigenvalue weighted by molar-refractivity contribution is 0.111. The van der Waals surface area contributed by atoms with Crippen molar-refractivity contribution in [2.75, 3.05) is 6.54 Å². The number of hydrogen-bond donors (Lipinski definition) is 2. The normalized spacial score (nSPS) is 14.6. The average molecular weight is 300 g/mol. The van der Waals surface area contributed by atoms with Gasteiger partial charge in [0.15, 0.2) is 11.9 Å². The molecule has 1 aliphatic heterocycles. The van der Waals surface area contributed by atoms with Crippen molar-refractivity contribution in [2.24, 2.45) is 7.05 Å². The Kier molecular flexibility index (Phi) is 3.47. The van der Waals surface area contributed by atoms with Gasteiger partial charge in [-0.1, -0.05) is 5.57 Å². The van der Waals surface area contributed by atoms with Crippen LogP contribution in [-0.2, 0) is 13.5 Å². The zero-order valence-electron chi connectivity index (χ0n) is 11.9.